The molecule has 0 bridgehead atoms. The summed E-state index contributed by atoms with van der Waals surface area (Å²) >= 11 is 0. The van der Waals surface area contributed by atoms with Crippen molar-refractivity contribution in [3.8, 4) is 11.5 Å². The maximum absolute atomic E-state index is 12.3. The summed E-state index contributed by atoms with van der Waals surface area (Å²) in [6, 6.07) is 17.1. The molecule has 0 spiro atoms. The molecule has 1 aliphatic heterocycles. The van der Waals surface area contributed by atoms with Crippen molar-refractivity contribution in [1.82, 2.24) is 4.90 Å². The zero-order valence-corrected chi connectivity index (χ0v) is 13.1. The van der Waals surface area contributed by atoms with E-state index in [-0.39, 0.29) is 12.1 Å². The summed E-state index contributed by atoms with van der Waals surface area (Å²) in [6.45, 7) is 2.75. The number of carbonyl (C=O) groups excluding carboxylic acids is 1. The lowest BCUT2D eigenvalue weighted by molar-refractivity contribution is 0.209. The number of carbonyl (C=O) groups is 1. The van der Waals surface area contributed by atoms with Crippen molar-refractivity contribution in [3.63, 3.8) is 0 Å². The smallest absolute Gasteiger partial charge is 0.322 e. The summed E-state index contributed by atoms with van der Waals surface area (Å²) < 4.78 is 5.74. The minimum absolute atomic E-state index is 0.0708. The van der Waals surface area contributed by atoms with E-state index in [2.05, 4.69) is 18.3 Å². The molecule has 1 heterocycles. The number of hydrogen-bond acceptors (Lipinski definition) is 2. The lowest BCUT2D eigenvalue weighted by Gasteiger charge is -2.23. The molecule has 118 valence electrons. The lowest BCUT2D eigenvalue weighted by Crippen LogP contribution is -2.38. The van der Waals surface area contributed by atoms with E-state index < -0.39 is 0 Å². The van der Waals surface area contributed by atoms with Crippen LogP contribution in [-0.4, -0.2) is 23.5 Å². The summed E-state index contributed by atoms with van der Waals surface area (Å²) in [5.41, 5.74) is 0.761. The first kappa shape index (κ1) is 15.2. The Hall–Kier alpha value is -2.75. The number of anilines is 1. The fourth-order valence-corrected chi connectivity index (χ4v) is 2.59. The Morgan fingerprint density at radius 2 is 1.83 bits per heavy atom. The molecule has 2 amide bonds. The molecule has 1 atom stereocenters. The van der Waals surface area contributed by atoms with Gasteiger partial charge in [0, 0.05) is 12.2 Å². The second-order valence-corrected chi connectivity index (χ2v) is 5.43. The number of urea groups is 1. The van der Waals surface area contributed by atoms with Gasteiger partial charge in [-0.05, 0) is 42.8 Å². The van der Waals surface area contributed by atoms with Crippen LogP contribution in [0, 0.1) is 0 Å². The molecular weight excluding hydrogens is 288 g/mol. The lowest BCUT2D eigenvalue weighted by atomic mass is 10.2. The van der Waals surface area contributed by atoms with Gasteiger partial charge in [0.05, 0.1) is 6.04 Å². The van der Waals surface area contributed by atoms with Crippen molar-refractivity contribution in [2.45, 2.75) is 19.4 Å². The third kappa shape index (κ3) is 3.72. The number of rotatable bonds is 4. The zero-order chi connectivity index (χ0) is 16.1. The highest BCUT2D eigenvalue weighted by Gasteiger charge is 2.22. The van der Waals surface area contributed by atoms with Crippen LogP contribution in [-0.2, 0) is 0 Å². The van der Waals surface area contributed by atoms with Crippen molar-refractivity contribution in [1.29, 1.82) is 0 Å². The molecule has 0 saturated heterocycles. The second kappa shape index (κ2) is 7.01. The molecule has 0 saturated carbocycles. The quantitative estimate of drug-likeness (QED) is 0.835. The number of nitrogens with one attached hydrogen (secondary N) is 1. The Morgan fingerprint density at radius 1 is 1.13 bits per heavy atom. The van der Waals surface area contributed by atoms with Gasteiger partial charge in [0.1, 0.15) is 11.5 Å². The monoisotopic (exact) mass is 308 g/mol. The van der Waals surface area contributed by atoms with Crippen LogP contribution in [0.15, 0.2) is 66.7 Å². The first-order chi connectivity index (χ1) is 11.3. The SMILES string of the molecule is CCC1C=CCN1C(=O)Nc1ccc(Oc2ccccc2)cc1. The minimum Gasteiger partial charge on any atom is -0.457 e. The largest absolute Gasteiger partial charge is 0.457 e. The maximum Gasteiger partial charge on any atom is 0.322 e. The highest BCUT2D eigenvalue weighted by Crippen LogP contribution is 2.23. The van der Waals surface area contributed by atoms with Crippen LogP contribution in [0.3, 0.4) is 0 Å². The van der Waals surface area contributed by atoms with Crippen LogP contribution in [0.25, 0.3) is 0 Å². The topological polar surface area (TPSA) is 41.6 Å². The van der Waals surface area contributed by atoms with Crippen LogP contribution >= 0.6 is 0 Å². The predicted molar refractivity (Wildman–Crippen MR) is 91.9 cm³/mol. The first-order valence-corrected chi connectivity index (χ1v) is 7.83. The zero-order valence-electron chi connectivity index (χ0n) is 13.1. The Bertz CT molecular complexity index is 680. The molecule has 1 aliphatic rings. The third-order valence-corrected chi connectivity index (χ3v) is 3.82. The average molecular weight is 308 g/mol. The van der Waals surface area contributed by atoms with Crippen molar-refractivity contribution < 1.29 is 9.53 Å². The van der Waals surface area contributed by atoms with Gasteiger partial charge in [0.15, 0.2) is 0 Å². The van der Waals surface area contributed by atoms with Crippen LogP contribution in [0.2, 0.25) is 0 Å². The number of amides is 2. The van der Waals surface area contributed by atoms with Crippen LogP contribution in [0.1, 0.15) is 13.3 Å². The van der Waals surface area contributed by atoms with Crippen LogP contribution in [0.4, 0.5) is 10.5 Å². The summed E-state index contributed by atoms with van der Waals surface area (Å²) in [5.74, 6) is 1.53. The molecule has 4 heteroatoms. The first-order valence-electron chi connectivity index (χ1n) is 7.83. The highest BCUT2D eigenvalue weighted by atomic mass is 16.5. The van der Waals surface area contributed by atoms with E-state index in [1.165, 1.54) is 0 Å². The van der Waals surface area contributed by atoms with Gasteiger partial charge in [-0.2, -0.15) is 0 Å². The molecule has 0 aliphatic carbocycles. The Kier molecular flexibility index (Phi) is 4.62. The molecule has 2 aromatic rings. The van der Waals surface area contributed by atoms with Crippen molar-refractivity contribution in [2.75, 3.05) is 11.9 Å². The van der Waals surface area contributed by atoms with Gasteiger partial charge in [0.25, 0.3) is 0 Å². The molecule has 2 aromatic carbocycles. The van der Waals surface area contributed by atoms with E-state index >= 15 is 0 Å². The summed E-state index contributed by atoms with van der Waals surface area (Å²) in [4.78, 5) is 14.1. The molecule has 0 aromatic heterocycles. The average Bonchev–Trinajstić information content (AvgIpc) is 3.06. The van der Waals surface area contributed by atoms with Gasteiger partial charge in [0.2, 0.25) is 0 Å². The van der Waals surface area contributed by atoms with E-state index in [0.29, 0.717) is 6.54 Å². The summed E-state index contributed by atoms with van der Waals surface area (Å²) in [5, 5.41) is 2.93. The molecule has 0 fully saturated rings. The molecule has 1 N–H and O–H groups in total. The van der Waals surface area contributed by atoms with Gasteiger partial charge >= 0.3 is 6.03 Å². The molecule has 4 nitrogen and oxygen atoms in total. The van der Waals surface area contributed by atoms with Gasteiger partial charge in [-0.15, -0.1) is 0 Å². The summed E-state index contributed by atoms with van der Waals surface area (Å²) in [6.07, 6.45) is 5.04. The van der Waals surface area contributed by atoms with Crippen molar-refractivity contribution in [2.24, 2.45) is 0 Å². The molecule has 3 rings (SSSR count). The fourth-order valence-electron chi connectivity index (χ4n) is 2.59. The third-order valence-electron chi connectivity index (χ3n) is 3.82. The molecule has 0 radical (unpaired) electrons. The number of benzene rings is 2. The van der Waals surface area contributed by atoms with Gasteiger partial charge < -0.3 is 15.0 Å². The highest BCUT2D eigenvalue weighted by molar-refractivity contribution is 5.90. The maximum atomic E-state index is 12.3. The van der Waals surface area contributed by atoms with Gasteiger partial charge in [-0.25, -0.2) is 4.79 Å². The Balaban J connectivity index is 1.60. The van der Waals surface area contributed by atoms with E-state index in [1.807, 2.05) is 65.6 Å². The number of hydrogen-bond donors (Lipinski definition) is 1. The van der Waals surface area contributed by atoms with E-state index in [1.54, 1.807) is 0 Å². The molecule has 1 unspecified atom stereocenters. The van der Waals surface area contributed by atoms with E-state index in [9.17, 15) is 4.79 Å². The van der Waals surface area contributed by atoms with E-state index in [0.717, 1.165) is 23.6 Å². The summed E-state index contributed by atoms with van der Waals surface area (Å²) in [7, 11) is 0. The van der Waals surface area contributed by atoms with Crippen molar-refractivity contribution in [3.05, 3.63) is 66.7 Å². The van der Waals surface area contributed by atoms with E-state index in [4.69, 9.17) is 4.74 Å². The van der Waals surface area contributed by atoms with Crippen LogP contribution in [0.5, 0.6) is 11.5 Å². The van der Waals surface area contributed by atoms with Gasteiger partial charge in [-0.3, -0.25) is 0 Å². The number of ether oxygens (including phenoxy) is 1. The molecular formula is C19H20N2O2. The minimum atomic E-state index is -0.0708. The fraction of sp³-hybridized carbons (Fsp3) is 0.211. The Labute approximate surface area is 136 Å². The second-order valence-electron chi connectivity index (χ2n) is 5.43. The van der Waals surface area contributed by atoms with Gasteiger partial charge in [-0.1, -0.05) is 37.3 Å². The Morgan fingerprint density at radius 3 is 2.52 bits per heavy atom. The number of nitrogens with zero attached hydrogens (tertiary/aromatic N) is 1. The predicted octanol–water partition coefficient (Wildman–Crippen LogP) is 4.66. The normalized spacial score (nSPS) is 16.4. The standard InChI is InChI=1S/C19H20N2O2/c1-2-16-7-6-14-21(16)19(22)20-15-10-12-18(13-11-15)23-17-8-4-3-5-9-17/h3-13,16H,2,14H2,1H3,(H,20,22). The number of para-hydroxylation sites is 1. The van der Waals surface area contributed by atoms with Crippen LogP contribution < -0.4 is 10.1 Å². The molecule has 23 heavy (non-hydrogen) atoms. The van der Waals surface area contributed by atoms with Crippen molar-refractivity contribution >= 4 is 11.7 Å².